The molecule has 1 amide bonds. The number of nitrogens with two attached hydrogens (primary N) is 1. The first kappa shape index (κ1) is 19.4. The highest BCUT2D eigenvalue weighted by molar-refractivity contribution is 5.87. The third-order valence-electron chi connectivity index (χ3n) is 5.58. The number of carbonyl (C=O) groups is 1. The van der Waals surface area contributed by atoms with Gasteiger partial charge in [0, 0.05) is 30.4 Å². The quantitative estimate of drug-likeness (QED) is 0.710. The van der Waals surface area contributed by atoms with E-state index in [-0.39, 0.29) is 29.8 Å². The molecule has 1 heterocycles. The average Bonchev–Trinajstić information content (AvgIpc) is 2.95. The zero-order valence-corrected chi connectivity index (χ0v) is 16.2. The van der Waals surface area contributed by atoms with Gasteiger partial charge in [-0.05, 0) is 24.5 Å². The molecule has 1 aliphatic carbocycles. The predicted octanol–water partition coefficient (Wildman–Crippen LogP) is 2.71. The third kappa shape index (κ3) is 3.57. The highest BCUT2D eigenvalue weighted by Gasteiger charge is 2.44. The molecular weight excluding hydrogens is 360 g/mol. The summed E-state index contributed by atoms with van der Waals surface area (Å²) in [5.41, 5.74) is 9.19. The lowest BCUT2D eigenvalue weighted by Crippen LogP contribution is -2.56. The summed E-state index contributed by atoms with van der Waals surface area (Å²) in [6, 6.07) is 18.6. The highest BCUT2D eigenvalue weighted by atomic mass is 35.5. The molecule has 0 unspecified atom stereocenters. The fraction of sp³-hybridized carbons (Fsp3) is 0.333. The van der Waals surface area contributed by atoms with Crippen LogP contribution in [0, 0.1) is 0 Å². The topological polar surface area (TPSA) is 72.9 Å². The minimum absolute atomic E-state index is 0. The molecule has 142 valence electrons. The van der Waals surface area contributed by atoms with Gasteiger partial charge in [-0.15, -0.1) is 12.4 Å². The normalized spacial score (nSPS) is 21.3. The van der Waals surface area contributed by atoms with Crippen LogP contribution in [0.5, 0.6) is 0 Å². The van der Waals surface area contributed by atoms with Gasteiger partial charge in [-0.1, -0.05) is 48.5 Å². The van der Waals surface area contributed by atoms with E-state index >= 15 is 0 Å². The lowest BCUT2D eigenvalue weighted by atomic mass is 9.61. The maximum Gasteiger partial charge on any atom is 0.226 e. The van der Waals surface area contributed by atoms with Gasteiger partial charge in [-0.2, -0.15) is 5.10 Å². The Morgan fingerprint density at radius 1 is 1.19 bits per heavy atom. The van der Waals surface area contributed by atoms with Gasteiger partial charge in [0.25, 0.3) is 0 Å². The van der Waals surface area contributed by atoms with Gasteiger partial charge >= 0.3 is 0 Å². The number of halogens is 1. The molecule has 1 fully saturated rings. The first-order valence-corrected chi connectivity index (χ1v) is 9.07. The van der Waals surface area contributed by atoms with Crippen molar-refractivity contribution >= 4 is 29.2 Å². The number of nitrogens with one attached hydrogen (secondary N) is 1. The predicted molar refractivity (Wildman–Crippen MR) is 110 cm³/mol. The zero-order chi connectivity index (χ0) is 18.1. The molecule has 1 saturated carbocycles. The van der Waals surface area contributed by atoms with Crippen molar-refractivity contribution in [2.75, 3.05) is 6.54 Å². The molecule has 0 radical (unpaired) electrons. The van der Waals surface area contributed by atoms with Crippen LogP contribution in [0.25, 0.3) is 10.9 Å². The van der Waals surface area contributed by atoms with E-state index in [9.17, 15) is 4.79 Å². The molecule has 27 heavy (non-hydrogen) atoms. The van der Waals surface area contributed by atoms with Crippen LogP contribution in [0.2, 0.25) is 0 Å². The lowest BCUT2D eigenvalue weighted by Gasteiger charge is -2.48. The molecule has 5 nitrogen and oxygen atoms in total. The number of hydrogen-bond acceptors (Lipinski definition) is 3. The van der Waals surface area contributed by atoms with Crippen molar-refractivity contribution in [1.29, 1.82) is 0 Å². The van der Waals surface area contributed by atoms with E-state index in [4.69, 9.17) is 5.73 Å². The van der Waals surface area contributed by atoms with E-state index in [1.165, 1.54) is 5.56 Å². The third-order valence-corrected chi connectivity index (χ3v) is 5.58. The van der Waals surface area contributed by atoms with Gasteiger partial charge < -0.3 is 11.1 Å². The van der Waals surface area contributed by atoms with E-state index < -0.39 is 0 Å². The monoisotopic (exact) mass is 384 g/mol. The fourth-order valence-corrected chi connectivity index (χ4v) is 4.15. The minimum atomic E-state index is -0.00307. The number of aryl methyl sites for hydroxylation is 1. The lowest BCUT2D eigenvalue weighted by molar-refractivity contribution is -0.122. The van der Waals surface area contributed by atoms with Crippen molar-refractivity contribution in [3.63, 3.8) is 0 Å². The van der Waals surface area contributed by atoms with Gasteiger partial charge in [-0.25, -0.2) is 0 Å². The van der Waals surface area contributed by atoms with Crippen LogP contribution >= 0.6 is 12.4 Å². The number of carbonyl (C=O) groups excluding carboxylic acids is 1. The molecule has 0 spiro atoms. The summed E-state index contributed by atoms with van der Waals surface area (Å²) in [5.74, 6) is 0.0255. The summed E-state index contributed by atoms with van der Waals surface area (Å²) in [5, 5.41) is 8.70. The Bertz CT molecular complexity index is 932. The van der Waals surface area contributed by atoms with Gasteiger partial charge in [0.15, 0.2) is 0 Å². The molecular formula is C21H25ClN4O. The molecule has 0 aliphatic heterocycles. The first-order valence-electron chi connectivity index (χ1n) is 9.07. The number of aromatic nitrogens is 2. The fourth-order valence-electron chi connectivity index (χ4n) is 4.15. The molecule has 4 rings (SSSR count). The zero-order valence-electron chi connectivity index (χ0n) is 15.4. The smallest absolute Gasteiger partial charge is 0.226 e. The maximum absolute atomic E-state index is 12.5. The molecule has 6 heteroatoms. The van der Waals surface area contributed by atoms with Gasteiger partial charge in [0.1, 0.15) is 0 Å². The Balaban J connectivity index is 0.00000210. The summed E-state index contributed by atoms with van der Waals surface area (Å²) < 4.78 is 1.83. The van der Waals surface area contributed by atoms with E-state index in [0.717, 1.165) is 29.4 Å². The molecule has 3 N–H and O–H groups in total. The van der Waals surface area contributed by atoms with Crippen LogP contribution in [0.3, 0.4) is 0 Å². The molecule has 2 aromatic carbocycles. The number of amides is 1. The molecule has 1 aliphatic rings. The second-order valence-electron chi connectivity index (χ2n) is 7.29. The van der Waals surface area contributed by atoms with E-state index in [1.54, 1.807) is 0 Å². The van der Waals surface area contributed by atoms with Crippen molar-refractivity contribution in [3.8, 4) is 0 Å². The van der Waals surface area contributed by atoms with Gasteiger partial charge in [0.2, 0.25) is 5.91 Å². The van der Waals surface area contributed by atoms with E-state index in [0.29, 0.717) is 13.0 Å². The van der Waals surface area contributed by atoms with Crippen LogP contribution in [-0.4, -0.2) is 28.3 Å². The van der Waals surface area contributed by atoms with E-state index in [1.807, 2.05) is 54.2 Å². The Morgan fingerprint density at radius 2 is 1.85 bits per heavy atom. The van der Waals surface area contributed by atoms with Crippen LogP contribution in [0.4, 0.5) is 0 Å². The number of nitrogens with zero attached hydrogens (tertiary/aromatic N) is 2. The maximum atomic E-state index is 12.5. The largest absolute Gasteiger partial charge is 0.353 e. The van der Waals surface area contributed by atoms with Crippen molar-refractivity contribution < 1.29 is 4.79 Å². The average molecular weight is 385 g/mol. The number of para-hydroxylation sites is 1. The van der Waals surface area contributed by atoms with Gasteiger partial charge in [0.05, 0.1) is 17.6 Å². The van der Waals surface area contributed by atoms with Crippen molar-refractivity contribution in [2.24, 2.45) is 12.8 Å². The number of rotatable bonds is 5. The SMILES string of the molecule is Cl.Cn1nc(CC(=O)NC2CC(CN)(c3ccccc3)C2)c2ccccc21. The molecule has 0 bridgehead atoms. The second-order valence-corrected chi connectivity index (χ2v) is 7.29. The number of hydrogen-bond donors (Lipinski definition) is 2. The van der Waals surface area contributed by atoms with Crippen LogP contribution in [0.15, 0.2) is 54.6 Å². The van der Waals surface area contributed by atoms with Crippen LogP contribution < -0.4 is 11.1 Å². The molecule has 0 saturated heterocycles. The summed E-state index contributed by atoms with van der Waals surface area (Å²) in [6.45, 7) is 0.605. The summed E-state index contributed by atoms with van der Waals surface area (Å²) in [6.07, 6.45) is 2.09. The Kier molecular flexibility index (Phi) is 5.53. The van der Waals surface area contributed by atoms with Crippen molar-refractivity contribution in [2.45, 2.75) is 30.7 Å². The standard InChI is InChI=1S/C21H24N4O.ClH/c1-25-19-10-6-5-9-17(19)18(24-25)11-20(26)23-16-12-21(13-16,14-22)15-7-3-2-4-8-15;/h2-10,16H,11-14,22H2,1H3,(H,23,26);1H. The molecule has 0 atom stereocenters. The first-order chi connectivity index (χ1) is 12.6. The highest BCUT2D eigenvalue weighted by Crippen LogP contribution is 2.43. The molecule has 3 aromatic rings. The van der Waals surface area contributed by atoms with Crippen molar-refractivity contribution in [1.82, 2.24) is 15.1 Å². The molecule has 1 aromatic heterocycles. The number of benzene rings is 2. The minimum Gasteiger partial charge on any atom is -0.353 e. The summed E-state index contributed by atoms with van der Waals surface area (Å²) >= 11 is 0. The summed E-state index contributed by atoms with van der Waals surface area (Å²) in [4.78, 5) is 12.5. The van der Waals surface area contributed by atoms with Crippen LogP contribution in [0.1, 0.15) is 24.1 Å². The van der Waals surface area contributed by atoms with Crippen molar-refractivity contribution in [3.05, 3.63) is 65.9 Å². The Hall–Kier alpha value is -2.37. The van der Waals surface area contributed by atoms with E-state index in [2.05, 4.69) is 22.5 Å². The van der Waals surface area contributed by atoms with Gasteiger partial charge in [-0.3, -0.25) is 9.48 Å². The number of fused-ring (bicyclic) bond motifs is 1. The summed E-state index contributed by atoms with van der Waals surface area (Å²) in [7, 11) is 1.91. The second kappa shape index (κ2) is 7.71. The van der Waals surface area contributed by atoms with Crippen LogP contribution in [-0.2, 0) is 23.7 Å². The Labute approximate surface area is 165 Å². The Morgan fingerprint density at radius 3 is 2.56 bits per heavy atom.